The highest BCUT2D eigenvalue weighted by Crippen LogP contribution is 2.18. The second-order valence-electron chi connectivity index (χ2n) is 3.46. The van der Waals surface area contributed by atoms with Crippen LogP contribution in [-0.4, -0.2) is 4.86 Å². The van der Waals surface area contributed by atoms with E-state index in [2.05, 4.69) is 47.6 Å². The number of halogens is 1. The van der Waals surface area contributed by atoms with Crippen molar-refractivity contribution in [3.8, 4) is 0 Å². The molecule has 1 rings (SSSR count). The van der Waals surface area contributed by atoms with Crippen LogP contribution in [0.3, 0.4) is 0 Å². The van der Waals surface area contributed by atoms with E-state index in [9.17, 15) is 0 Å². The zero-order valence-corrected chi connectivity index (χ0v) is 10.8. The van der Waals surface area contributed by atoms with Crippen molar-refractivity contribution in [3.63, 3.8) is 0 Å². The Morgan fingerprint density at radius 2 is 2.14 bits per heavy atom. The molecule has 0 bridgehead atoms. The quantitative estimate of drug-likeness (QED) is 0.584. The van der Waals surface area contributed by atoms with Crippen LogP contribution in [0.5, 0.6) is 0 Å². The fourth-order valence-electron chi connectivity index (χ4n) is 1.15. The number of allylic oxidation sites excluding steroid dienone is 1. The second kappa shape index (κ2) is 4.85. The maximum Gasteiger partial charge on any atom is 0.0219 e. The Bertz CT molecular complexity index is 380. The van der Waals surface area contributed by atoms with E-state index in [4.69, 9.17) is 12.2 Å². The molecule has 0 saturated carbocycles. The monoisotopic (exact) mass is 268 g/mol. The van der Waals surface area contributed by atoms with Crippen LogP contribution in [0, 0.1) is 6.92 Å². The molecular formula is C12H13BrS. The maximum absolute atomic E-state index is 5.22. The molecule has 1 aromatic rings. The first-order chi connectivity index (χ1) is 6.50. The van der Waals surface area contributed by atoms with E-state index in [1.54, 1.807) is 0 Å². The Morgan fingerprint density at radius 1 is 1.50 bits per heavy atom. The van der Waals surface area contributed by atoms with Crippen LogP contribution in [0.2, 0.25) is 0 Å². The summed E-state index contributed by atoms with van der Waals surface area (Å²) in [6, 6.07) is 6.30. The molecule has 14 heavy (non-hydrogen) atoms. The summed E-state index contributed by atoms with van der Waals surface area (Å²) in [6.07, 6.45) is 0.818. The highest BCUT2D eigenvalue weighted by molar-refractivity contribution is 9.10. The van der Waals surface area contributed by atoms with E-state index in [0.717, 1.165) is 21.3 Å². The summed E-state index contributed by atoms with van der Waals surface area (Å²) in [5, 5.41) is 0. The first-order valence-corrected chi connectivity index (χ1v) is 5.64. The van der Waals surface area contributed by atoms with Gasteiger partial charge in [0.25, 0.3) is 0 Å². The smallest absolute Gasteiger partial charge is 0.0219 e. The summed E-state index contributed by atoms with van der Waals surface area (Å²) < 4.78 is 1.14. The third kappa shape index (κ3) is 3.03. The molecule has 0 amide bonds. The number of hydrogen-bond donors (Lipinski definition) is 0. The molecule has 0 saturated heterocycles. The molecule has 0 nitrogen and oxygen atoms in total. The third-order valence-corrected chi connectivity index (χ3v) is 3.45. The Morgan fingerprint density at radius 3 is 2.64 bits per heavy atom. The zero-order chi connectivity index (χ0) is 10.7. The van der Waals surface area contributed by atoms with E-state index in [0.29, 0.717) is 0 Å². The predicted molar refractivity (Wildman–Crippen MR) is 70.0 cm³/mol. The van der Waals surface area contributed by atoms with Gasteiger partial charge < -0.3 is 0 Å². The van der Waals surface area contributed by atoms with Crippen LogP contribution in [0.25, 0.3) is 0 Å². The highest BCUT2D eigenvalue weighted by atomic mass is 79.9. The summed E-state index contributed by atoms with van der Waals surface area (Å²) in [6.45, 7) is 7.87. The molecule has 74 valence electrons. The van der Waals surface area contributed by atoms with Crippen LogP contribution >= 0.6 is 28.1 Å². The van der Waals surface area contributed by atoms with E-state index in [1.165, 1.54) is 11.1 Å². The van der Waals surface area contributed by atoms with E-state index >= 15 is 0 Å². The van der Waals surface area contributed by atoms with Crippen molar-refractivity contribution in [3.05, 3.63) is 46.0 Å². The first-order valence-electron chi connectivity index (χ1n) is 4.44. The second-order valence-corrected chi connectivity index (χ2v) is 4.81. The van der Waals surface area contributed by atoms with Crippen molar-refractivity contribution in [2.45, 2.75) is 20.3 Å². The van der Waals surface area contributed by atoms with Gasteiger partial charge in [0.2, 0.25) is 0 Å². The van der Waals surface area contributed by atoms with Crippen LogP contribution in [0.4, 0.5) is 0 Å². The lowest BCUT2D eigenvalue weighted by Crippen LogP contribution is -2.00. The molecule has 0 heterocycles. The van der Waals surface area contributed by atoms with E-state index in [-0.39, 0.29) is 0 Å². The van der Waals surface area contributed by atoms with Gasteiger partial charge in [0.15, 0.2) is 0 Å². The zero-order valence-electron chi connectivity index (χ0n) is 8.43. The van der Waals surface area contributed by atoms with Crippen LogP contribution < -0.4 is 0 Å². The van der Waals surface area contributed by atoms with Gasteiger partial charge in [-0.15, -0.1) is 0 Å². The number of hydrogen-bond acceptors (Lipinski definition) is 1. The summed E-state index contributed by atoms with van der Waals surface area (Å²) in [7, 11) is 0. The number of thiocarbonyl (C=S) groups is 1. The summed E-state index contributed by atoms with van der Waals surface area (Å²) >= 11 is 8.70. The molecule has 1 aromatic carbocycles. The molecule has 0 aliphatic rings. The summed E-state index contributed by atoms with van der Waals surface area (Å²) in [4.78, 5) is 0.937. The number of rotatable bonds is 3. The van der Waals surface area contributed by atoms with Crippen LogP contribution in [0.1, 0.15) is 18.1 Å². The van der Waals surface area contributed by atoms with Gasteiger partial charge in [0, 0.05) is 15.8 Å². The molecule has 0 aliphatic carbocycles. The lowest BCUT2D eigenvalue weighted by molar-refractivity contribution is 1.29. The van der Waals surface area contributed by atoms with E-state index in [1.807, 2.05) is 6.92 Å². The van der Waals surface area contributed by atoms with Crippen molar-refractivity contribution in [2.24, 2.45) is 0 Å². The Balaban J connectivity index is 2.83. The fraction of sp³-hybridized carbons (Fsp3) is 0.250. The topological polar surface area (TPSA) is 0 Å². The van der Waals surface area contributed by atoms with Gasteiger partial charge in [-0.3, -0.25) is 0 Å². The molecule has 2 heteroatoms. The average Bonchev–Trinajstić information content (AvgIpc) is 2.11. The Hall–Kier alpha value is -0.470. The largest absolute Gasteiger partial charge is 0.0950 e. The van der Waals surface area contributed by atoms with Crippen molar-refractivity contribution < 1.29 is 0 Å². The Labute approximate surface area is 99.2 Å². The molecule has 0 unspecified atom stereocenters. The minimum Gasteiger partial charge on any atom is -0.0950 e. The van der Waals surface area contributed by atoms with Crippen molar-refractivity contribution in [2.75, 3.05) is 0 Å². The standard InChI is InChI=1S/C12H13BrS/c1-8(2)12(14)7-10-4-5-11(13)9(3)6-10/h4-6H,1,7H2,2-3H3. The van der Waals surface area contributed by atoms with Crippen LogP contribution in [-0.2, 0) is 6.42 Å². The van der Waals surface area contributed by atoms with Gasteiger partial charge in [-0.05, 0) is 36.6 Å². The van der Waals surface area contributed by atoms with Crippen molar-refractivity contribution in [1.82, 2.24) is 0 Å². The summed E-state index contributed by atoms with van der Waals surface area (Å²) in [5.41, 5.74) is 3.48. The highest BCUT2D eigenvalue weighted by Gasteiger charge is 2.01. The lowest BCUT2D eigenvalue weighted by atomic mass is 10.0. The normalized spacial score (nSPS) is 9.93. The minimum absolute atomic E-state index is 0.818. The van der Waals surface area contributed by atoms with E-state index < -0.39 is 0 Å². The van der Waals surface area contributed by atoms with Gasteiger partial charge in [0.1, 0.15) is 0 Å². The summed E-state index contributed by atoms with van der Waals surface area (Å²) in [5.74, 6) is 0. The maximum atomic E-state index is 5.22. The van der Waals surface area contributed by atoms with Gasteiger partial charge in [0.05, 0.1) is 0 Å². The lowest BCUT2D eigenvalue weighted by Gasteiger charge is -2.05. The molecule has 0 fully saturated rings. The minimum atomic E-state index is 0.818. The molecule has 0 aliphatic heterocycles. The molecule has 0 aromatic heterocycles. The first kappa shape index (κ1) is 11.6. The van der Waals surface area contributed by atoms with Crippen molar-refractivity contribution in [1.29, 1.82) is 0 Å². The van der Waals surface area contributed by atoms with Gasteiger partial charge >= 0.3 is 0 Å². The van der Waals surface area contributed by atoms with Gasteiger partial charge in [-0.2, -0.15) is 0 Å². The van der Waals surface area contributed by atoms with Crippen LogP contribution in [0.15, 0.2) is 34.8 Å². The molecule has 0 spiro atoms. The number of benzene rings is 1. The SMILES string of the molecule is C=C(C)C(=S)Cc1ccc(Br)c(C)c1. The third-order valence-electron chi connectivity index (χ3n) is 2.06. The molecule has 0 atom stereocenters. The predicted octanol–water partition coefficient (Wildman–Crippen LogP) is 4.25. The van der Waals surface area contributed by atoms with Gasteiger partial charge in [-0.25, -0.2) is 0 Å². The fourth-order valence-corrected chi connectivity index (χ4v) is 1.57. The number of aryl methyl sites for hydroxylation is 1. The molecular weight excluding hydrogens is 256 g/mol. The van der Waals surface area contributed by atoms with Gasteiger partial charge in [-0.1, -0.05) is 46.9 Å². The molecule has 0 N–H and O–H groups in total. The molecule has 0 radical (unpaired) electrons. The average molecular weight is 269 g/mol. The Kier molecular flexibility index (Phi) is 4.02. The van der Waals surface area contributed by atoms with Crippen molar-refractivity contribution >= 4 is 33.0 Å².